The Kier molecular flexibility index (Phi) is 6.06. The molecular formula is C7H15ClN2O2. The van der Waals surface area contributed by atoms with Crippen molar-refractivity contribution < 1.29 is 9.90 Å². The molecule has 0 saturated carbocycles. The molecule has 1 aliphatic heterocycles. The number of nitrogens with zero attached hydrogens (tertiary/aromatic N) is 2. The maximum absolute atomic E-state index is 10.3. The minimum absolute atomic E-state index is 0. The first-order valence-electron chi connectivity index (χ1n) is 3.89. The molecule has 0 radical (unpaired) electrons. The third-order valence-electron chi connectivity index (χ3n) is 1.97. The molecule has 0 aliphatic carbocycles. The minimum atomic E-state index is 0. The second kappa shape index (κ2) is 6.22. The van der Waals surface area contributed by atoms with Gasteiger partial charge in [-0.25, -0.2) is 0 Å². The zero-order valence-electron chi connectivity index (χ0n) is 6.98. The second-order valence-electron chi connectivity index (χ2n) is 2.71. The van der Waals surface area contributed by atoms with E-state index >= 15 is 0 Å². The zero-order chi connectivity index (χ0) is 8.10. The van der Waals surface area contributed by atoms with E-state index in [-0.39, 0.29) is 19.0 Å². The molecule has 1 rings (SSSR count). The Morgan fingerprint density at radius 3 is 2.25 bits per heavy atom. The molecule has 12 heavy (non-hydrogen) atoms. The molecule has 1 heterocycles. The Hall–Kier alpha value is -0.320. The summed E-state index contributed by atoms with van der Waals surface area (Å²) in [5.74, 6) is 0. The number of halogens is 1. The van der Waals surface area contributed by atoms with E-state index in [0.29, 0.717) is 0 Å². The topological polar surface area (TPSA) is 43.8 Å². The predicted molar refractivity (Wildman–Crippen MR) is 48.4 cm³/mol. The highest BCUT2D eigenvalue weighted by Gasteiger charge is 2.13. The molecular weight excluding hydrogens is 180 g/mol. The number of β-amino-alcohol motifs (C(OH)–C–C–N with tert-alkyl or cyclic N) is 1. The molecule has 4 nitrogen and oxygen atoms in total. The summed E-state index contributed by atoms with van der Waals surface area (Å²) in [5, 5.41) is 8.62. The number of hydrogen-bond acceptors (Lipinski definition) is 3. The Morgan fingerprint density at radius 1 is 1.25 bits per heavy atom. The molecule has 1 fully saturated rings. The van der Waals surface area contributed by atoms with Crippen LogP contribution in [-0.4, -0.2) is 60.6 Å². The lowest BCUT2D eigenvalue weighted by molar-refractivity contribution is -0.119. The summed E-state index contributed by atoms with van der Waals surface area (Å²) in [7, 11) is 0. The van der Waals surface area contributed by atoms with Gasteiger partial charge < -0.3 is 10.0 Å². The van der Waals surface area contributed by atoms with Gasteiger partial charge in [-0.15, -0.1) is 12.4 Å². The fourth-order valence-corrected chi connectivity index (χ4v) is 1.23. The Bertz CT molecular complexity index is 127. The van der Waals surface area contributed by atoms with Gasteiger partial charge in [-0.3, -0.25) is 9.69 Å². The SMILES string of the molecule is Cl.O=CN1CCN(CCO)CC1. The third kappa shape index (κ3) is 3.38. The van der Waals surface area contributed by atoms with Crippen LogP contribution in [0.15, 0.2) is 0 Å². The summed E-state index contributed by atoms with van der Waals surface area (Å²) >= 11 is 0. The summed E-state index contributed by atoms with van der Waals surface area (Å²) in [4.78, 5) is 14.2. The van der Waals surface area contributed by atoms with Crippen molar-refractivity contribution in [2.45, 2.75) is 0 Å². The van der Waals surface area contributed by atoms with Crippen molar-refractivity contribution in [2.75, 3.05) is 39.3 Å². The highest BCUT2D eigenvalue weighted by Crippen LogP contribution is 1.97. The van der Waals surface area contributed by atoms with Crippen LogP contribution in [0.2, 0.25) is 0 Å². The summed E-state index contributed by atoms with van der Waals surface area (Å²) in [6.07, 6.45) is 0.885. The lowest BCUT2D eigenvalue weighted by Gasteiger charge is -2.31. The van der Waals surface area contributed by atoms with Gasteiger partial charge in [0.15, 0.2) is 0 Å². The molecule has 1 saturated heterocycles. The molecule has 0 atom stereocenters. The summed E-state index contributed by atoms with van der Waals surface area (Å²) < 4.78 is 0. The third-order valence-corrected chi connectivity index (χ3v) is 1.97. The lowest BCUT2D eigenvalue weighted by Crippen LogP contribution is -2.46. The van der Waals surface area contributed by atoms with E-state index in [1.165, 1.54) is 0 Å². The average molecular weight is 195 g/mol. The van der Waals surface area contributed by atoms with Crippen molar-refractivity contribution in [1.82, 2.24) is 9.80 Å². The van der Waals surface area contributed by atoms with E-state index in [2.05, 4.69) is 4.90 Å². The fraction of sp³-hybridized carbons (Fsp3) is 0.857. The van der Waals surface area contributed by atoms with Crippen molar-refractivity contribution in [2.24, 2.45) is 0 Å². The first-order chi connectivity index (χ1) is 5.36. The van der Waals surface area contributed by atoms with Crippen molar-refractivity contribution in [3.05, 3.63) is 0 Å². The van der Waals surface area contributed by atoms with Gasteiger partial charge in [-0.05, 0) is 0 Å². The van der Waals surface area contributed by atoms with Crippen LogP contribution in [0.4, 0.5) is 0 Å². The number of aliphatic hydroxyl groups is 1. The Labute approximate surface area is 78.6 Å². The minimum Gasteiger partial charge on any atom is -0.395 e. The van der Waals surface area contributed by atoms with Crippen LogP contribution >= 0.6 is 12.4 Å². The normalized spacial score (nSPS) is 18.6. The molecule has 0 aromatic carbocycles. The van der Waals surface area contributed by atoms with E-state index in [0.717, 1.165) is 39.1 Å². The highest BCUT2D eigenvalue weighted by molar-refractivity contribution is 5.85. The number of hydrogen-bond donors (Lipinski definition) is 1. The van der Waals surface area contributed by atoms with Crippen LogP contribution in [0.3, 0.4) is 0 Å². The molecule has 0 bridgehead atoms. The van der Waals surface area contributed by atoms with Gasteiger partial charge in [0.1, 0.15) is 0 Å². The van der Waals surface area contributed by atoms with E-state index in [1.54, 1.807) is 4.90 Å². The average Bonchev–Trinajstić information content (AvgIpc) is 2.07. The molecule has 5 heteroatoms. The van der Waals surface area contributed by atoms with Gasteiger partial charge in [-0.2, -0.15) is 0 Å². The van der Waals surface area contributed by atoms with Crippen molar-refractivity contribution in [3.8, 4) is 0 Å². The number of piperazine rings is 1. The smallest absolute Gasteiger partial charge is 0.209 e. The largest absolute Gasteiger partial charge is 0.395 e. The van der Waals surface area contributed by atoms with Gasteiger partial charge in [0.05, 0.1) is 6.61 Å². The molecule has 0 unspecified atom stereocenters. The number of rotatable bonds is 3. The Balaban J connectivity index is 0.00000121. The molecule has 1 aliphatic rings. The van der Waals surface area contributed by atoms with Crippen LogP contribution in [0.1, 0.15) is 0 Å². The first-order valence-corrected chi connectivity index (χ1v) is 3.89. The molecule has 0 aromatic rings. The predicted octanol–water partition coefficient (Wildman–Crippen LogP) is -0.826. The summed E-state index contributed by atoms with van der Waals surface area (Å²) in [6, 6.07) is 0. The number of aliphatic hydroxyl groups excluding tert-OH is 1. The van der Waals surface area contributed by atoms with Gasteiger partial charge in [-0.1, -0.05) is 0 Å². The van der Waals surface area contributed by atoms with E-state index in [4.69, 9.17) is 5.11 Å². The number of carbonyl (C=O) groups is 1. The van der Waals surface area contributed by atoms with Crippen molar-refractivity contribution in [3.63, 3.8) is 0 Å². The molecule has 1 N–H and O–H groups in total. The van der Waals surface area contributed by atoms with Crippen LogP contribution < -0.4 is 0 Å². The molecule has 0 aromatic heterocycles. The zero-order valence-corrected chi connectivity index (χ0v) is 7.79. The van der Waals surface area contributed by atoms with Crippen molar-refractivity contribution >= 4 is 18.8 Å². The van der Waals surface area contributed by atoms with Gasteiger partial charge in [0, 0.05) is 32.7 Å². The standard InChI is InChI=1S/C7H14N2O2.ClH/c10-6-5-8-1-3-9(7-11)4-2-8;/h7,10H,1-6H2;1H. The van der Waals surface area contributed by atoms with Gasteiger partial charge in [0.25, 0.3) is 0 Å². The summed E-state index contributed by atoms with van der Waals surface area (Å²) in [6.45, 7) is 4.30. The molecule has 72 valence electrons. The monoisotopic (exact) mass is 194 g/mol. The van der Waals surface area contributed by atoms with Gasteiger partial charge in [0.2, 0.25) is 6.41 Å². The number of amides is 1. The maximum Gasteiger partial charge on any atom is 0.209 e. The van der Waals surface area contributed by atoms with Gasteiger partial charge >= 0.3 is 0 Å². The molecule has 0 spiro atoms. The summed E-state index contributed by atoms with van der Waals surface area (Å²) in [5.41, 5.74) is 0. The first kappa shape index (κ1) is 11.7. The van der Waals surface area contributed by atoms with Crippen LogP contribution in [0.5, 0.6) is 0 Å². The van der Waals surface area contributed by atoms with Crippen LogP contribution in [-0.2, 0) is 4.79 Å². The fourth-order valence-electron chi connectivity index (χ4n) is 1.23. The van der Waals surface area contributed by atoms with Crippen molar-refractivity contribution in [1.29, 1.82) is 0 Å². The van der Waals surface area contributed by atoms with E-state index in [9.17, 15) is 4.79 Å². The van der Waals surface area contributed by atoms with E-state index < -0.39 is 0 Å². The highest BCUT2D eigenvalue weighted by atomic mass is 35.5. The second-order valence-corrected chi connectivity index (χ2v) is 2.71. The lowest BCUT2D eigenvalue weighted by atomic mass is 10.3. The quantitative estimate of drug-likeness (QED) is 0.597. The molecule has 1 amide bonds. The maximum atomic E-state index is 10.3. The van der Waals surface area contributed by atoms with Crippen LogP contribution in [0.25, 0.3) is 0 Å². The number of carbonyl (C=O) groups excluding carboxylic acids is 1. The Morgan fingerprint density at radius 2 is 1.83 bits per heavy atom. The van der Waals surface area contributed by atoms with Crippen LogP contribution in [0, 0.1) is 0 Å². The van der Waals surface area contributed by atoms with E-state index in [1.807, 2.05) is 0 Å².